The van der Waals surface area contributed by atoms with Crippen molar-refractivity contribution in [1.29, 1.82) is 0 Å². The minimum absolute atomic E-state index is 0.212. The maximum absolute atomic E-state index is 11.1. The maximum atomic E-state index is 11.1. The summed E-state index contributed by atoms with van der Waals surface area (Å²) in [6, 6.07) is 0.648. The molecule has 1 N–H and O–H groups in total. The number of hydrogen-bond acceptors (Lipinski definition) is 2. The molecule has 0 aromatic rings. The molecule has 3 nitrogen and oxygen atoms in total. The second-order valence-corrected chi connectivity index (χ2v) is 3.75. The van der Waals surface area contributed by atoms with Crippen LogP contribution < -0.4 is 5.32 Å². The van der Waals surface area contributed by atoms with Gasteiger partial charge in [0.25, 0.3) is 0 Å². The van der Waals surface area contributed by atoms with E-state index in [2.05, 4.69) is 24.1 Å². The van der Waals surface area contributed by atoms with Gasteiger partial charge >= 0.3 is 0 Å². The summed E-state index contributed by atoms with van der Waals surface area (Å²) >= 11 is 0. The van der Waals surface area contributed by atoms with Gasteiger partial charge in [-0.1, -0.05) is 6.92 Å². The number of amides is 1. The second-order valence-electron chi connectivity index (χ2n) is 3.75. The van der Waals surface area contributed by atoms with Gasteiger partial charge in [-0.3, -0.25) is 9.69 Å². The highest BCUT2D eigenvalue weighted by Gasteiger charge is 2.14. The molecule has 0 radical (unpaired) electrons. The molecule has 1 heterocycles. The molecular weight excluding hydrogens is 164 g/mol. The average Bonchev–Trinajstić information content (AvgIpc) is 2.10. The molecule has 76 valence electrons. The summed E-state index contributed by atoms with van der Waals surface area (Å²) in [5, 5.41) is 2.91. The van der Waals surface area contributed by atoms with Crippen molar-refractivity contribution in [2.24, 2.45) is 0 Å². The summed E-state index contributed by atoms with van der Waals surface area (Å²) in [6.45, 7) is 7.35. The Morgan fingerprint density at radius 2 is 2.31 bits per heavy atom. The van der Waals surface area contributed by atoms with Gasteiger partial charge in [0, 0.05) is 25.6 Å². The van der Waals surface area contributed by atoms with E-state index < -0.39 is 0 Å². The van der Waals surface area contributed by atoms with E-state index in [1.165, 1.54) is 6.42 Å². The molecule has 13 heavy (non-hydrogen) atoms. The van der Waals surface area contributed by atoms with Gasteiger partial charge < -0.3 is 5.32 Å². The van der Waals surface area contributed by atoms with Crippen LogP contribution in [0.4, 0.5) is 0 Å². The van der Waals surface area contributed by atoms with Gasteiger partial charge in [-0.2, -0.15) is 0 Å². The van der Waals surface area contributed by atoms with Crippen LogP contribution in [-0.4, -0.2) is 36.5 Å². The lowest BCUT2D eigenvalue weighted by molar-refractivity contribution is -0.121. The van der Waals surface area contributed by atoms with Gasteiger partial charge in [0.1, 0.15) is 0 Å². The lowest BCUT2D eigenvalue weighted by atomic mass is 10.1. The van der Waals surface area contributed by atoms with Gasteiger partial charge in [0.2, 0.25) is 5.91 Å². The summed E-state index contributed by atoms with van der Waals surface area (Å²) in [6.07, 6.45) is 2.87. The SMILES string of the molecule is CCC(C)N1CCCC(=O)NCC1. The van der Waals surface area contributed by atoms with Crippen LogP contribution in [0.5, 0.6) is 0 Å². The summed E-state index contributed by atoms with van der Waals surface area (Å²) in [7, 11) is 0. The number of hydrogen-bond donors (Lipinski definition) is 1. The molecule has 0 bridgehead atoms. The van der Waals surface area contributed by atoms with E-state index in [4.69, 9.17) is 0 Å². The minimum atomic E-state index is 0.212. The summed E-state index contributed by atoms with van der Waals surface area (Å²) < 4.78 is 0. The first kappa shape index (κ1) is 10.5. The molecule has 0 aromatic heterocycles. The molecule has 1 aliphatic rings. The number of carbonyl (C=O) groups excluding carboxylic acids is 1. The molecule has 1 aliphatic heterocycles. The molecule has 1 fully saturated rings. The molecule has 0 spiro atoms. The fraction of sp³-hybridized carbons (Fsp3) is 0.900. The van der Waals surface area contributed by atoms with Crippen molar-refractivity contribution in [2.45, 2.75) is 39.2 Å². The number of nitrogens with one attached hydrogen (secondary N) is 1. The zero-order valence-corrected chi connectivity index (χ0v) is 8.68. The smallest absolute Gasteiger partial charge is 0.220 e. The van der Waals surface area contributed by atoms with Gasteiger partial charge in [-0.05, 0) is 26.3 Å². The van der Waals surface area contributed by atoms with Crippen LogP contribution in [-0.2, 0) is 4.79 Å². The van der Waals surface area contributed by atoms with Crippen LogP contribution in [0, 0.1) is 0 Å². The highest BCUT2D eigenvalue weighted by molar-refractivity contribution is 5.75. The number of rotatable bonds is 2. The predicted octanol–water partition coefficient (Wildman–Crippen LogP) is 0.997. The van der Waals surface area contributed by atoms with Crippen molar-refractivity contribution < 1.29 is 4.79 Å². The second kappa shape index (κ2) is 5.22. The molecule has 1 atom stereocenters. The van der Waals surface area contributed by atoms with Gasteiger partial charge in [-0.25, -0.2) is 0 Å². The van der Waals surface area contributed by atoms with Crippen LogP contribution >= 0.6 is 0 Å². The lowest BCUT2D eigenvalue weighted by Crippen LogP contribution is -2.42. The van der Waals surface area contributed by atoms with Gasteiger partial charge in [-0.15, -0.1) is 0 Å². The van der Waals surface area contributed by atoms with Crippen LogP contribution in [0.3, 0.4) is 0 Å². The standard InChI is InChI=1S/C10H20N2O/c1-3-9(2)12-7-4-5-10(13)11-6-8-12/h9H,3-8H2,1-2H3,(H,11,13). The highest BCUT2D eigenvalue weighted by atomic mass is 16.1. The van der Waals surface area contributed by atoms with E-state index >= 15 is 0 Å². The van der Waals surface area contributed by atoms with Crippen LogP contribution in [0.25, 0.3) is 0 Å². The first-order chi connectivity index (χ1) is 6.24. The van der Waals surface area contributed by atoms with Crippen molar-refractivity contribution in [3.05, 3.63) is 0 Å². The fourth-order valence-electron chi connectivity index (χ4n) is 1.68. The van der Waals surface area contributed by atoms with Crippen molar-refractivity contribution in [2.75, 3.05) is 19.6 Å². The molecule has 1 amide bonds. The third-order valence-electron chi connectivity index (χ3n) is 2.78. The zero-order valence-electron chi connectivity index (χ0n) is 8.68. The Morgan fingerprint density at radius 1 is 1.54 bits per heavy atom. The maximum Gasteiger partial charge on any atom is 0.220 e. The van der Waals surface area contributed by atoms with Gasteiger partial charge in [0.05, 0.1) is 0 Å². The van der Waals surface area contributed by atoms with Crippen molar-refractivity contribution >= 4 is 5.91 Å². The first-order valence-corrected chi connectivity index (χ1v) is 5.24. The topological polar surface area (TPSA) is 32.3 Å². The van der Waals surface area contributed by atoms with Crippen molar-refractivity contribution in [1.82, 2.24) is 10.2 Å². The van der Waals surface area contributed by atoms with Crippen molar-refractivity contribution in [3.8, 4) is 0 Å². The normalized spacial score (nSPS) is 23.1. The van der Waals surface area contributed by atoms with Gasteiger partial charge in [0.15, 0.2) is 0 Å². The minimum Gasteiger partial charge on any atom is -0.355 e. The van der Waals surface area contributed by atoms with E-state index in [0.29, 0.717) is 12.5 Å². The first-order valence-electron chi connectivity index (χ1n) is 5.24. The van der Waals surface area contributed by atoms with Crippen LogP contribution in [0.15, 0.2) is 0 Å². The Hall–Kier alpha value is -0.570. The molecule has 1 unspecified atom stereocenters. The van der Waals surface area contributed by atoms with E-state index in [9.17, 15) is 4.79 Å². The summed E-state index contributed by atoms with van der Waals surface area (Å²) in [4.78, 5) is 13.5. The molecule has 1 saturated heterocycles. The molecule has 1 rings (SSSR count). The fourth-order valence-corrected chi connectivity index (χ4v) is 1.68. The third-order valence-corrected chi connectivity index (χ3v) is 2.78. The van der Waals surface area contributed by atoms with E-state index in [1.54, 1.807) is 0 Å². The van der Waals surface area contributed by atoms with E-state index in [0.717, 1.165) is 26.1 Å². The monoisotopic (exact) mass is 184 g/mol. The molecular formula is C10H20N2O. The Labute approximate surface area is 80.5 Å². The molecule has 3 heteroatoms. The molecule has 0 aliphatic carbocycles. The lowest BCUT2D eigenvalue weighted by Gasteiger charge is -2.29. The Kier molecular flexibility index (Phi) is 4.22. The number of carbonyl (C=O) groups is 1. The average molecular weight is 184 g/mol. The highest BCUT2D eigenvalue weighted by Crippen LogP contribution is 2.06. The Balaban J connectivity index is 2.36. The predicted molar refractivity (Wildman–Crippen MR) is 53.6 cm³/mol. The Bertz CT molecular complexity index is 158. The molecule has 0 saturated carbocycles. The largest absolute Gasteiger partial charge is 0.355 e. The quantitative estimate of drug-likeness (QED) is 0.694. The summed E-state index contributed by atoms with van der Waals surface area (Å²) in [5.41, 5.74) is 0. The Morgan fingerprint density at radius 3 is 3.00 bits per heavy atom. The van der Waals surface area contributed by atoms with E-state index in [-0.39, 0.29) is 5.91 Å². The van der Waals surface area contributed by atoms with Crippen LogP contribution in [0.1, 0.15) is 33.1 Å². The van der Waals surface area contributed by atoms with Crippen LogP contribution in [0.2, 0.25) is 0 Å². The summed E-state index contributed by atoms with van der Waals surface area (Å²) in [5.74, 6) is 0.212. The number of nitrogens with zero attached hydrogens (tertiary/aromatic N) is 1. The molecule has 0 aromatic carbocycles. The third kappa shape index (κ3) is 3.35. The van der Waals surface area contributed by atoms with Crippen molar-refractivity contribution in [3.63, 3.8) is 0 Å². The van der Waals surface area contributed by atoms with E-state index in [1.807, 2.05) is 0 Å². The zero-order chi connectivity index (χ0) is 9.68.